The van der Waals surface area contributed by atoms with Crippen LogP contribution in [-0.2, 0) is 19.6 Å². The summed E-state index contributed by atoms with van der Waals surface area (Å²) in [5.74, 6) is -2.01. The molecule has 0 bridgehead atoms. The van der Waals surface area contributed by atoms with Gasteiger partial charge in [-0.25, -0.2) is 8.42 Å². The van der Waals surface area contributed by atoms with Gasteiger partial charge in [-0.05, 0) is 41.3 Å². The number of nitro groups is 1. The van der Waals surface area contributed by atoms with Gasteiger partial charge in [-0.15, -0.1) is 6.58 Å². The fourth-order valence-electron chi connectivity index (χ4n) is 4.55. The lowest BCUT2D eigenvalue weighted by Gasteiger charge is -2.24. The van der Waals surface area contributed by atoms with E-state index < -0.39 is 45.1 Å². The maximum absolute atomic E-state index is 13.0. The molecule has 1 heterocycles. The van der Waals surface area contributed by atoms with Crippen molar-refractivity contribution in [3.63, 3.8) is 0 Å². The minimum atomic E-state index is -4.27. The van der Waals surface area contributed by atoms with Gasteiger partial charge in [-0.3, -0.25) is 14.9 Å². The van der Waals surface area contributed by atoms with Crippen LogP contribution >= 0.6 is 0 Å². The number of fused-ring (bicyclic) bond motifs is 1. The Morgan fingerprint density at radius 2 is 1.86 bits per heavy atom. The molecule has 1 saturated heterocycles. The average Bonchev–Trinajstić information content (AvgIpc) is 3.25. The maximum Gasteiger partial charge on any atom is 0.322 e. The van der Waals surface area contributed by atoms with Crippen molar-refractivity contribution < 1.29 is 28.0 Å². The van der Waals surface area contributed by atoms with Crippen LogP contribution in [0.1, 0.15) is 24.5 Å². The van der Waals surface area contributed by atoms with E-state index >= 15 is 0 Å². The number of sulfonamides is 1. The number of ether oxygens (including phenoxy) is 1. The molecule has 1 fully saturated rings. The lowest BCUT2D eigenvalue weighted by Crippen LogP contribution is -2.48. The molecule has 35 heavy (non-hydrogen) atoms. The lowest BCUT2D eigenvalue weighted by molar-refractivity contribution is -0.384. The molecule has 3 aromatic rings. The van der Waals surface area contributed by atoms with E-state index in [0.717, 1.165) is 40.6 Å². The zero-order valence-electron chi connectivity index (χ0n) is 18.6. The first-order chi connectivity index (χ1) is 16.7. The quantitative estimate of drug-likeness (QED) is 0.257. The van der Waals surface area contributed by atoms with Crippen LogP contribution in [0.2, 0.25) is 0 Å². The van der Waals surface area contributed by atoms with Crippen LogP contribution in [0.4, 0.5) is 5.69 Å². The normalized spacial score (nSPS) is 21.0. The molecule has 9 nitrogen and oxygen atoms in total. The van der Waals surface area contributed by atoms with Gasteiger partial charge in [-0.2, -0.15) is 4.72 Å². The molecule has 2 N–H and O–H groups in total. The number of carbonyl (C=O) groups is 1. The van der Waals surface area contributed by atoms with Crippen LogP contribution in [0.5, 0.6) is 0 Å². The number of benzene rings is 3. The number of carboxylic acid groups (broad SMARTS) is 1. The molecule has 2 unspecified atom stereocenters. The monoisotopic (exact) mass is 496 g/mol. The molecule has 0 saturated carbocycles. The van der Waals surface area contributed by atoms with Gasteiger partial charge < -0.3 is 9.84 Å². The highest BCUT2D eigenvalue weighted by atomic mass is 32.2. The van der Waals surface area contributed by atoms with E-state index in [-0.39, 0.29) is 17.0 Å². The fraction of sp³-hybridized carbons (Fsp3) is 0.240. The Hall–Kier alpha value is -3.60. The second-order valence-electron chi connectivity index (χ2n) is 8.34. The first-order valence-electron chi connectivity index (χ1n) is 10.9. The van der Waals surface area contributed by atoms with Gasteiger partial charge in [-0.1, -0.05) is 48.5 Å². The smallest absolute Gasteiger partial charge is 0.322 e. The summed E-state index contributed by atoms with van der Waals surface area (Å²) < 4.78 is 34.5. The average molecular weight is 497 g/mol. The standard InChI is InChI=1S/C25H24N2O7S/c1-2-6-22-21(15-23(34-22)20-10-5-8-16-7-3-4-9-19(16)20)24(25(28)29)26-35(32,33)18-13-11-17(12-14-18)27(30)31/h2-5,7-14,21-24,26H,1,6,15H2,(H,28,29)/t21-,22-,23?,24?/m0/s1. The van der Waals surface area contributed by atoms with Crippen LogP contribution in [0.25, 0.3) is 10.8 Å². The molecule has 0 radical (unpaired) electrons. The summed E-state index contributed by atoms with van der Waals surface area (Å²) in [5.41, 5.74) is 0.633. The zero-order valence-corrected chi connectivity index (χ0v) is 19.4. The number of carboxylic acids is 1. The summed E-state index contributed by atoms with van der Waals surface area (Å²) >= 11 is 0. The molecule has 4 rings (SSSR count). The maximum atomic E-state index is 13.0. The summed E-state index contributed by atoms with van der Waals surface area (Å²) in [6.45, 7) is 3.73. The Morgan fingerprint density at radius 3 is 2.51 bits per heavy atom. The molecule has 4 atom stereocenters. The minimum absolute atomic E-state index is 0.265. The summed E-state index contributed by atoms with van der Waals surface area (Å²) in [5, 5.41) is 22.9. The third-order valence-corrected chi connectivity index (χ3v) is 7.66. The molecule has 1 aliphatic rings. The molecule has 1 aliphatic heterocycles. The van der Waals surface area contributed by atoms with Crippen molar-refractivity contribution in [2.24, 2.45) is 5.92 Å². The van der Waals surface area contributed by atoms with Crippen LogP contribution in [0.3, 0.4) is 0 Å². The van der Waals surface area contributed by atoms with Crippen LogP contribution < -0.4 is 4.72 Å². The van der Waals surface area contributed by atoms with Crippen molar-refractivity contribution in [1.82, 2.24) is 4.72 Å². The highest BCUT2D eigenvalue weighted by molar-refractivity contribution is 7.89. The van der Waals surface area contributed by atoms with Crippen molar-refractivity contribution in [2.75, 3.05) is 0 Å². The van der Waals surface area contributed by atoms with E-state index in [1.807, 2.05) is 42.5 Å². The van der Waals surface area contributed by atoms with E-state index in [4.69, 9.17) is 4.74 Å². The number of nitrogens with one attached hydrogen (secondary N) is 1. The molecule has 0 spiro atoms. The lowest BCUT2D eigenvalue weighted by atomic mass is 9.88. The molecular formula is C25H24N2O7S. The van der Waals surface area contributed by atoms with E-state index in [1.165, 1.54) is 0 Å². The summed E-state index contributed by atoms with van der Waals surface area (Å²) in [7, 11) is -4.27. The Balaban J connectivity index is 1.64. The van der Waals surface area contributed by atoms with Gasteiger partial charge in [0.2, 0.25) is 10.0 Å². The second-order valence-corrected chi connectivity index (χ2v) is 10.1. The van der Waals surface area contributed by atoms with Crippen LogP contribution in [0, 0.1) is 16.0 Å². The number of nitro benzene ring substituents is 1. The van der Waals surface area contributed by atoms with E-state index in [9.17, 15) is 28.4 Å². The third kappa shape index (κ3) is 5.09. The molecule has 0 amide bonds. The highest BCUT2D eigenvalue weighted by Crippen LogP contribution is 2.42. The number of non-ortho nitro benzene ring substituents is 1. The van der Waals surface area contributed by atoms with E-state index in [1.54, 1.807) is 6.08 Å². The highest BCUT2D eigenvalue weighted by Gasteiger charge is 2.44. The molecule has 0 aromatic heterocycles. The molecule has 10 heteroatoms. The van der Waals surface area contributed by atoms with Crippen molar-refractivity contribution >= 4 is 32.5 Å². The van der Waals surface area contributed by atoms with E-state index in [0.29, 0.717) is 6.42 Å². The van der Waals surface area contributed by atoms with Crippen molar-refractivity contribution in [1.29, 1.82) is 0 Å². The number of aliphatic carboxylic acids is 1. The third-order valence-electron chi connectivity index (χ3n) is 6.21. The Kier molecular flexibility index (Phi) is 6.97. The zero-order chi connectivity index (χ0) is 25.2. The first kappa shape index (κ1) is 24.5. The van der Waals surface area contributed by atoms with Crippen LogP contribution in [0.15, 0.2) is 84.3 Å². The molecule has 3 aromatic carbocycles. The summed E-state index contributed by atoms with van der Waals surface area (Å²) in [6.07, 6.45) is 1.24. The second kappa shape index (κ2) is 9.95. The number of hydrogen-bond donors (Lipinski definition) is 2. The van der Waals surface area contributed by atoms with Gasteiger partial charge in [0, 0.05) is 18.1 Å². The Morgan fingerprint density at radius 1 is 1.17 bits per heavy atom. The number of hydrogen-bond acceptors (Lipinski definition) is 6. The van der Waals surface area contributed by atoms with Gasteiger partial charge in [0.1, 0.15) is 6.04 Å². The summed E-state index contributed by atoms with van der Waals surface area (Å²) in [4.78, 5) is 22.2. The topological polar surface area (TPSA) is 136 Å². The molecule has 182 valence electrons. The predicted molar refractivity (Wildman–Crippen MR) is 129 cm³/mol. The molecular weight excluding hydrogens is 472 g/mol. The van der Waals surface area contributed by atoms with Gasteiger partial charge in [0.05, 0.1) is 22.0 Å². The number of nitrogens with zero attached hydrogens (tertiary/aromatic N) is 1. The van der Waals surface area contributed by atoms with E-state index in [2.05, 4.69) is 11.3 Å². The van der Waals surface area contributed by atoms with Gasteiger partial charge in [0.25, 0.3) is 5.69 Å². The van der Waals surface area contributed by atoms with Crippen molar-refractivity contribution in [2.45, 2.75) is 36.0 Å². The van der Waals surface area contributed by atoms with Crippen molar-refractivity contribution in [3.8, 4) is 0 Å². The summed E-state index contributed by atoms with van der Waals surface area (Å²) in [6, 6.07) is 16.4. The first-order valence-corrected chi connectivity index (χ1v) is 12.4. The minimum Gasteiger partial charge on any atom is -0.480 e. The Labute approximate surface area is 202 Å². The molecule has 0 aliphatic carbocycles. The van der Waals surface area contributed by atoms with Gasteiger partial charge >= 0.3 is 5.97 Å². The fourth-order valence-corrected chi connectivity index (χ4v) is 5.79. The van der Waals surface area contributed by atoms with Crippen LogP contribution in [-0.4, -0.2) is 36.6 Å². The largest absolute Gasteiger partial charge is 0.480 e. The Bertz CT molecular complexity index is 1370. The van der Waals surface area contributed by atoms with Gasteiger partial charge in [0.15, 0.2) is 0 Å². The SMILES string of the molecule is C=CC[C@@H]1OC(c2cccc3ccccc23)C[C@@H]1C(NS(=O)(=O)c1ccc([N+](=O)[O-])cc1)C(=O)O. The predicted octanol–water partition coefficient (Wildman–Crippen LogP) is 4.20. The number of rotatable bonds is 9. The van der Waals surface area contributed by atoms with Crippen molar-refractivity contribution in [3.05, 3.63) is 95.1 Å².